The summed E-state index contributed by atoms with van der Waals surface area (Å²) in [4.78, 5) is 27.9. The number of benzene rings is 2. The van der Waals surface area contributed by atoms with Gasteiger partial charge in [0.05, 0.1) is 16.6 Å². The van der Waals surface area contributed by atoms with Crippen LogP contribution < -0.4 is 15.4 Å². The van der Waals surface area contributed by atoms with Gasteiger partial charge >= 0.3 is 4.87 Å². The second kappa shape index (κ2) is 5.24. The predicted molar refractivity (Wildman–Crippen MR) is 86.3 cm³/mol. The molecule has 24 heavy (non-hydrogen) atoms. The van der Waals surface area contributed by atoms with Crippen LogP contribution in [0.15, 0.2) is 58.3 Å². The van der Waals surface area contributed by atoms with E-state index >= 15 is 0 Å². The van der Waals surface area contributed by atoms with Crippen LogP contribution >= 0.6 is 11.3 Å². The number of para-hydroxylation sites is 2. The number of carbonyl (C=O) groups is 1. The topological polar surface area (TPSA) is 71.7 Å². The fourth-order valence-electron chi connectivity index (χ4n) is 2.66. The number of thiazole rings is 1. The van der Waals surface area contributed by atoms with Crippen molar-refractivity contribution in [2.45, 2.75) is 0 Å². The zero-order valence-electron chi connectivity index (χ0n) is 12.1. The summed E-state index contributed by atoms with van der Waals surface area (Å²) in [5.74, 6) is -1.65. The van der Waals surface area contributed by atoms with Crippen LogP contribution in [0.3, 0.4) is 0 Å². The summed E-state index contributed by atoms with van der Waals surface area (Å²) >= 11 is 0.682. The van der Waals surface area contributed by atoms with E-state index in [0.29, 0.717) is 21.9 Å². The Morgan fingerprint density at radius 3 is 2.54 bits per heavy atom. The Balaban J connectivity index is 2.04. The Bertz CT molecular complexity index is 1180. The standard InChI is InChI=1S/C17H9FN2O3S/c18-10-6-2-4-8-12(10)20-16(22)14(24-17(20)23)13-9-5-1-3-7-11(9)19-15(13)21/h1-8,22H. The van der Waals surface area contributed by atoms with Gasteiger partial charge in [0.2, 0.25) is 5.88 Å². The molecule has 1 N–H and O–H groups in total. The minimum Gasteiger partial charge on any atom is -0.493 e. The van der Waals surface area contributed by atoms with Crippen LogP contribution in [0.5, 0.6) is 5.88 Å². The maximum atomic E-state index is 14.0. The third-order valence-corrected chi connectivity index (χ3v) is 4.66. The number of hydrogen-bond donors (Lipinski definition) is 1. The van der Waals surface area contributed by atoms with Gasteiger partial charge < -0.3 is 5.11 Å². The predicted octanol–water partition coefficient (Wildman–Crippen LogP) is 1.10. The molecule has 0 bridgehead atoms. The largest absolute Gasteiger partial charge is 0.493 e. The lowest BCUT2D eigenvalue weighted by Crippen LogP contribution is -2.22. The van der Waals surface area contributed by atoms with E-state index in [1.165, 1.54) is 18.2 Å². The third-order valence-electron chi connectivity index (χ3n) is 3.72. The van der Waals surface area contributed by atoms with Crippen molar-refractivity contribution in [3.05, 3.63) is 79.5 Å². The van der Waals surface area contributed by atoms with Crippen LogP contribution in [0.1, 0.15) is 4.88 Å². The van der Waals surface area contributed by atoms with Gasteiger partial charge in [0, 0.05) is 5.22 Å². The lowest BCUT2D eigenvalue weighted by Gasteiger charge is -2.05. The fraction of sp³-hybridized carbons (Fsp3) is 0. The number of aromatic hydroxyl groups is 1. The quantitative estimate of drug-likeness (QED) is 0.759. The normalized spacial score (nSPS) is 13.0. The number of aromatic nitrogens is 1. The van der Waals surface area contributed by atoms with Crippen LogP contribution in [0, 0.1) is 5.82 Å². The van der Waals surface area contributed by atoms with Gasteiger partial charge in [-0.05, 0) is 18.2 Å². The van der Waals surface area contributed by atoms with Crippen LogP contribution in [0.4, 0.5) is 4.39 Å². The smallest absolute Gasteiger partial charge is 0.315 e. The second-order valence-corrected chi connectivity index (χ2v) is 6.08. The van der Waals surface area contributed by atoms with E-state index in [1.54, 1.807) is 30.3 Å². The third kappa shape index (κ3) is 2.02. The van der Waals surface area contributed by atoms with Crippen LogP contribution in [-0.2, 0) is 4.79 Å². The zero-order valence-corrected chi connectivity index (χ0v) is 12.9. The molecule has 0 radical (unpaired) electrons. The molecule has 1 aromatic heterocycles. The molecule has 1 aliphatic rings. The molecular weight excluding hydrogens is 331 g/mol. The Morgan fingerprint density at radius 2 is 1.75 bits per heavy atom. The lowest BCUT2D eigenvalue weighted by molar-refractivity contribution is -0.112. The molecule has 7 heteroatoms. The maximum Gasteiger partial charge on any atom is 0.315 e. The highest BCUT2D eigenvalue weighted by Gasteiger charge is 2.27. The number of fused-ring (bicyclic) bond motifs is 1. The van der Waals surface area contributed by atoms with Crippen molar-refractivity contribution in [2.75, 3.05) is 0 Å². The summed E-state index contributed by atoms with van der Waals surface area (Å²) in [6.07, 6.45) is 0. The molecule has 0 aliphatic carbocycles. The molecule has 0 saturated carbocycles. The van der Waals surface area contributed by atoms with E-state index in [-0.39, 0.29) is 16.1 Å². The molecule has 0 unspecified atom stereocenters. The van der Waals surface area contributed by atoms with Crippen molar-refractivity contribution in [3.63, 3.8) is 0 Å². The number of hydrogen-bond acceptors (Lipinski definition) is 4. The Morgan fingerprint density at radius 1 is 1.04 bits per heavy atom. The summed E-state index contributed by atoms with van der Waals surface area (Å²) in [7, 11) is 0. The van der Waals surface area contributed by atoms with Crippen LogP contribution in [0.2, 0.25) is 0 Å². The molecule has 0 fully saturated rings. The van der Waals surface area contributed by atoms with E-state index < -0.39 is 22.5 Å². The Labute approximate surface area is 138 Å². The van der Waals surface area contributed by atoms with Crippen molar-refractivity contribution >= 4 is 22.8 Å². The summed E-state index contributed by atoms with van der Waals surface area (Å²) in [5, 5.41) is 11.5. The highest BCUT2D eigenvalue weighted by atomic mass is 32.1. The van der Waals surface area contributed by atoms with Crippen molar-refractivity contribution < 1.29 is 14.3 Å². The molecule has 2 aromatic carbocycles. The molecule has 1 amide bonds. The average Bonchev–Trinajstić information content (AvgIpc) is 3.04. The highest BCUT2D eigenvalue weighted by Crippen LogP contribution is 2.30. The molecule has 5 nitrogen and oxygen atoms in total. The van der Waals surface area contributed by atoms with E-state index in [4.69, 9.17) is 0 Å². The minimum absolute atomic E-state index is 0.0706. The van der Waals surface area contributed by atoms with Crippen molar-refractivity contribution in [3.8, 4) is 11.6 Å². The van der Waals surface area contributed by atoms with Crippen LogP contribution in [-0.4, -0.2) is 15.6 Å². The first kappa shape index (κ1) is 14.5. The number of carbonyl (C=O) groups excluding carboxylic acids is 1. The molecule has 3 aromatic rings. The van der Waals surface area contributed by atoms with Crippen molar-refractivity contribution in [1.82, 2.24) is 4.57 Å². The van der Waals surface area contributed by atoms with Crippen molar-refractivity contribution in [2.24, 2.45) is 4.99 Å². The minimum atomic E-state index is -0.646. The fourth-order valence-corrected chi connectivity index (χ4v) is 3.59. The first-order valence-corrected chi connectivity index (χ1v) is 7.82. The summed E-state index contributed by atoms with van der Waals surface area (Å²) in [6.45, 7) is 0. The number of amides is 1. The first-order chi connectivity index (χ1) is 11.6. The SMILES string of the molecule is O=C1N=c2ccccc2=C1c1sc(=O)n(-c2ccccc2F)c1O. The number of halogens is 1. The Hall–Kier alpha value is -3.06. The van der Waals surface area contributed by atoms with Crippen molar-refractivity contribution in [1.29, 1.82) is 0 Å². The zero-order chi connectivity index (χ0) is 16.8. The van der Waals surface area contributed by atoms with E-state index in [1.807, 2.05) is 0 Å². The lowest BCUT2D eigenvalue weighted by atomic mass is 10.1. The second-order valence-electron chi connectivity index (χ2n) is 5.12. The molecule has 118 valence electrons. The number of nitrogens with zero attached hydrogens (tertiary/aromatic N) is 2. The molecule has 4 rings (SSSR count). The molecule has 0 saturated heterocycles. The van der Waals surface area contributed by atoms with E-state index in [0.717, 1.165) is 4.57 Å². The van der Waals surface area contributed by atoms with Gasteiger partial charge in [0.15, 0.2) is 0 Å². The first-order valence-electron chi connectivity index (χ1n) is 7.00. The van der Waals surface area contributed by atoms with E-state index in [9.17, 15) is 19.1 Å². The van der Waals surface area contributed by atoms with Gasteiger partial charge in [0.1, 0.15) is 10.7 Å². The van der Waals surface area contributed by atoms with Crippen LogP contribution in [0.25, 0.3) is 11.3 Å². The summed E-state index contributed by atoms with van der Waals surface area (Å²) < 4.78 is 14.8. The average molecular weight is 340 g/mol. The molecule has 1 aliphatic heterocycles. The van der Waals surface area contributed by atoms with E-state index in [2.05, 4.69) is 4.99 Å². The molecular formula is C17H9FN2O3S. The maximum absolute atomic E-state index is 14.0. The monoisotopic (exact) mass is 340 g/mol. The molecule has 0 atom stereocenters. The summed E-state index contributed by atoms with van der Waals surface area (Å²) in [6, 6.07) is 12.5. The van der Waals surface area contributed by atoms with Gasteiger partial charge in [-0.1, -0.05) is 41.7 Å². The van der Waals surface area contributed by atoms with Gasteiger partial charge in [0.25, 0.3) is 5.91 Å². The highest BCUT2D eigenvalue weighted by molar-refractivity contribution is 7.11. The number of rotatable bonds is 2. The molecule has 0 spiro atoms. The summed E-state index contributed by atoms with van der Waals surface area (Å²) in [5.41, 5.74) is 0.0825. The Kier molecular flexibility index (Phi) is 3.17. The van der Waals surface area contributed by atoms with Gasteiger partial charge in [-0.3, -0.25) is 9.59 Å². The van der Waals surface area contributed by atoms with Gasteiger partial charge in [-0.15, -0.1) is 0 Å². The molecule has 2 heterocycles. The van der Waals surface area contributed by atoms with Gasteiger partial charge in [-0.2, -0.15) is 0 Å². The van der Waals surface area contributed by atoms with Gasteiger partial charge in [-0.25, -0.2) is 13.9 Å².